The van der Waals surface area contributed by atoms with Gasteiger partial charge in [-0.1, -0.05) is 17.2 Å². The monoisotopic (exact) mass is 170 g/mol. The summed E-state index contributed by atoms with van der Waals surface area (Å²) in [6.07, 6.45) is 4.15. The Hall–Kier alpha value is -0.600. The molecule has 0 aromatic carbocycles. The topological polar surface area (TPSA) is 40.5 Å². The molecule has 0 radical (unpaired) electrons. The molecule has 0 aliphatic carbocycles. The van der Waals surface area contributed by atoms with Crippen LogP contribution < -0.4 is 0 Å². The molecule has 0 saturated heterocycles. The third-order valence-corrected chi connectivity index (χ3v) is 1.52. The number of rotatable bonds is 4. The Morgan fingerprint density at radius 1 is 1.25 bits per heavy atom. The van der Waals surface area contributed by atoms with Crippen molar-refractivity contribution < 1.29 is 10.2 Å². The van der Waals surface area contributed by atoms with Gasteiger partial charge in [0.25, 0.3) is 0 Å². The van der Waals surface area contributed by atoms with E-state index in [0.29, 0.717) is 0 Å². The summed E-state index contributed by atoms with van der Waals surface area (Å²) in [6, 6.07) is 0. The zero-order valence-electron chi connectivity index (χ0n) is 8.04. The molecule has 0 aliphatic rings. The molecule has 0 aliphatic heterocycles. The highest BCUT2D eigenvalue weighted by Crippen LogP contribution is 2.06. The van der Waals surface area contributed by atoms with Gasteiger partial charge in [0.15, 0.2) is 6.29 Å². The van der Waals surface area contributed by atoms with Crippen molar-refractivity contribution in [3.8, 4) is 0 Å². The Bertz CT molecular complexity index is 174. The minimum absolute atomic E-state index is 0.892. The summed E-state index contributed by atoms with van der Waals surface area (Å²) in [6.45, 7) is 6.01. The molecule has 0 fully saturated rings. The summed E-state index contributed by atoms with van der Waals surface area (Å²) in [5.74, 6) is 0. The smallest absolute Gasteiger partial charge is 0.171 e. The third kappa shape index (κ3) is 7.51. The van der Waals surface area contributed by atoms with Gasteiger partial charge in [0.2, 0.25) is 0 Å². The quantitative estimate of drug-likeness (QED) is 0.500. The molecule has 12 heavy (non-hydrogen) atoms. The van der Waals surface area contributed by atoms with Crippen LogP contribution in [-0.2, 0) is 0 Å². The normalized spacial score (nSPS) is 12.0. The van der Waals surface area contributed by atoms with Gasteiger partial charge in [-0.15, -0.1) is 0 Å². The minimum Gasteiger partial charge on any atom is -0.365 e. The fraction of sp³-hybridized carbons (Fsp3) is 0.600. The average molecular weight is 170 g/mol. The van der Waals surface area contributed by atoms with Gasteiger partial charge in [0, 0.05) is 0 Å². The van der Waals surface area contributed by atoms with Crippen LogP contribution in [0.3, 0.4) is 0 Å². The zero-order valence-corrected chi connectivity index (χ0v) is 8.04. The van der Waals surface area contributed by atoms with Crippen LogP contribution in [0.25, 0.3) is 0 Å². The lowest BCUT2D eigenvalue weighted by molar-refractivity contribution is 0.00164. The lowest BCUT2D eigenvalue weighted by atomic mass is 10.1. The Morgan fingerprint density at radius 3 is 2.25 bits per heavy atom. The summed E-state index contributed by atoms with van der Waals surface area (Å²) < 4.78 is 0. The zero-order chi connectivity index (χ0) is 9.56. The Morgan fingerprint density at radius 2 is 1.83 bits per heavy atom. The number of aliphatic hydroxyl groups is 2. The van der Waals surface area contributed by atoms with Gasteiger partial charge in [-0.2, -0.15) is 0 Å². The van der Waals surface area contributed by atoms with E-state index in [1.165, 1.54) is 11.6 Å². The maximum Gasteiger partial charge on any atom is 0.171 e. The molecule has 2 heteroatoms. The second-order valence-corrected chi connectivity index (χ2v) is 3.25. The largest absolute Gasteiger partial charge is 0.365 e. The molecular formula is C10H18O2. The fourth-order valence-electron chi connectivity index (χ4n) is 0.926. The van der Waals surface area contributed by atoms with Gasteiger partial charge in [0.05, 0.1) is 0 Å². The second-order valence-electron chi connectivity index (χ2n) is 3.25. The molecule has 0 spiro atoms. The summed E-state index contributed by atoms with van der Waals surface area (Å²) in [5, 5.41) is 17.2. The summed E-state index contributed by atoms with van der Waals surface area (Å²) in [5.41, 5.74) is 2.31. The highest BCUT2D eigenvalue weighted by Gasteiger charge is 1.93. The SMILES string of the molecule is CC(C)=CCC/C(C)=C\C(O)O. The van der Waals surface area contributed by atoms with Crippen molar-refractivity contribution in [3.05, 3.63) is 23.3 Å². The van der Waals surface area contributed by atoms with Gasteiger partial charge < -0.3 is 10.2 Å². The standard InChI is InChI=1S/C10H18O2/c1-8(2)5-4-6-9(3)7-10(11)12/h5,7,10-12H,4,6H2,1-3H3/b9-7-. The van der Waals surface area contributed by atoms with Crippen molar-refractivity contribution in [1.29, 1.82) is 0 Å². The van der Waals surface area contributed by atoms with Crippen LogP contribution in [0.1, 0.15) is 33.6 Å². The van der Waals surface area contributed by atoms with Crippen LogP contribution in [0.15, 0.2) is 23.3 Å². The lowest BCUT2D eigenvalue weighted by Crippen LogP contribution is -1.99. The van der Waals surface area contributed by atoms with E-state index in [9.17, 15) is 0 Å². The first-order valence-electron chi connectivity index (χ1n) is 4.19. The van der Waals surface area contributed by atoms with Crippen molar-refractivity contribution >= 4 is 0 Å². The van der Waals surface area contributed by atoms with Gasteiger partial charge >= 0.3 is 0 Å². The van der Waals surface area contributed by atoms with Crippen LogP contribution in [0.4, 0.5) is 0 Å². The first-order valence-corrected chi connectivity index (χ1v) is 4.19. The Labute approximate surface area is 74.2 Å². The Balaban J connectivity index is 3.71. The molecule has 0 bridgehead atoms. The molecule has 0 atom stereocenters. The van der Waals surface area contributed by atoms with E-state index in [1.54, 1.807) is 0 Å². The molecule has 70 valence electrons. The van der Waals surface area contributed by atoms with Crippen molar-refractivity contribution in [1.82, 2.24) is 0 Å². The van der Waals surface area contributed by atoms with Crippen molar-refractivity contribution in [2.45, 2.75) is 39.9 Å². The molecule has 0 aromatic heterocycles. The van der Waals surface area contributed by atoms with E-state index >= 15 is 0 Å². The number of hydrogen-bond donors (Lipinski definition) is 2. The Kier molecular flexibility index (Phi) is 5.68. The van der Waals surface area contributed by atoms with Gasteiger partial charge in [-0.25, -0.2) is 0 Å². The molecule has 0 heterocycles. The maximum absolute atomic E-state index is 8.60. The maximum atomic E-state index is 8.60. The van der Waals surface area contributed by atoms with Gasteiger partial charge in [-0.05, 0) is 39.7 Å². The van der Waals surface area contributed by atoms with Gasteiger partial charge in [0.1, 0.15) is 0 Å². The van der Waals surface area contributed by atoms with E-state index in [0.717, 1.165) is 18.4 Å². The van der Waals surface area contributed by atoms with Gasteiger partial charge in [-0.3, -0.25) is 0 Å². The molecule has 0 unspecified atom stereocenters. The molecular weight excluding hydrogens is 152 g/mol. The lowest BCUT2D eigenvalue weighted by Gasteiger charge is -2.00. The highest BCUT2D eigenvalue weighted by atomic mass is 16.5. The number of hydrogen-bond acceptors (Lipinski definition) is 2. The van der Waals surface area contributed by atoms with E-state index in [4.69, 9.17) is 10.2 Å². The molecule has 2 nitrogen and oxygen atoms in total. The molecule has 0 saturated carbocycles. The van der Waals surface area contributed by atoms with E-state index in [-0.39, 0.29) is 0 Å². The van der Waals surface area contributed by atoms with Crippen LogP contribution in [0.5, 0.6) is 0 Å². The second kappa shape index (κ2) is 5.98. The summed E-state index contributed by atoms with van der Waals surface area (Å²) in [4.78, 5) is 0. The number of aliphatic hydroxyl groups excluding tert-OH is 1. The molecule has 0 rings (SSSR count). The van der Waals surface area contributed by atoms with E-state index < -0.39 is 6.29 Å². The summed E-state index contributed by atoms with van der Waals surface area (Å²) in [7, 11) is 0. The fourth-order valence-corrected chi connectivity index (χ4v) is 0.926. The highest BCUT2D eigenvalue weighted by molar-refractivity contribution is 5.02. The van der Waals surface area contributed by atoms with Crippen LogP contribution >= 0.6 is 0 Å². The predicted octanol–water partition coefficient (Wildman–Crippen LogP) is 1.99. The van der Waals surface area contributed by atoms with Crippen LogP contribution in [-0.4, -0.2) is 16.5 Å². The summed E-state index contributed by atoms with van der Waals surface area (Å²) >= 11 is 0. The first-order chi connectivity index (χ1) is 5.52. The third-order valence-electron chi connectivity index (χ3n) is 1.52. The average Bonchev–Trinajstić information content (AvgIpc) is 1.84. The van der Waals surface area contributed by atoms with Crippen LogP contribution in [0.2, 0.25) is 0 Å². The molecule has 0 aromatic rings. The van der Waals surface area contributed by atoms with Crippen molar-refractivity contribution in [2.24, 2.45) is 0 Å². The van der Waals surface area contributed by atoms with E-state index in [2.05, 4.69) is 19.9 Å². The molecule has 0 amide bonds. The first kappa shape index (κ1) is 11.4. The van der Waals surface area contributed by atoms with Crippen molar-refractivity contribution in [3.63, 3.8) is 0 Å². The van der Waals surface area contributed by atoms with E-state index in [1.807, 2.05) is 6.92 Å². The van der Waals surface area contributed by atoms with Crippen molar-refractivity contribution in [2.75, 3.05) is 0 Å². The predicted molar refractivity (Wildman–Crippen MR) is 50.6 cm³/mol. The number of allylic oxidation sites excluding steroid dienone is 3. The molecule has 2 N–H and O–H groups in total. The van der Waals surface area contributed by atoms with Crippen LogP contribution in [0, 0.1) is 0 Å². The minimum atomic E-state index is -1.31.